The third-order valence-corrected chi connectivity index (χ3v) is 5.77. The number of fused-ring (bicyclic) bond motifs is 1. The molecule has 1 aromatic carbocycles. The normalized spacial score (nSPS) is 19.2. The Morgan fingerprint density at radius 3 is 2.79 bits per heavy atom. The van der Waals surface area contributed by atoms with Gasteiger partial charge in [0, 0.05) is 0 Å². The van der Waals surface area contributed by atoms with Gasteiger partial charge in [-0.1, -0.05) is 37.6 Å². The number of carbonyl (C=O) groups is 1. The Morgan fingerprint density at radius 2 is 2.08 bits per heavy atom. The molecule has 1 heterocycles. The summed E-state index contributed by atoms with van der Waals surface area (Å²) in [4.78, 5) is 13.3. The topological polar surface area (TPSA) is 34.9 Å². The predicted molar refractivity (Wildman–Crippen MR) is 95.9 cm³/mol. The summed E-state index contributed by atoms with van der Waals surface area (Å²) in [6, 6.07) is 5.80. The highest BCUT2D eigenvalue weighted by atomic mass is 35.5. The molecule has 4 heteroatoms. The molecule has 1 fully saturated rings. The third kappa shape index (κ3) is 2.59. The van der Waals surface area contributed by atoms with Gasteiger partial charge in [-0.25, -0.2) is 4.68 Å². The van der Waals surface area contributed by atoms with Crippen LogP contribution in [-0.2, 0) is 12.8 Å². The fraction of sp³-hybridized carbons (Fsp3) is 0.500. The van der Waals surface area contributed by atoms with Crippen molar-refractivity contribution >= 4 is 17.5 Å². The first-order valence-electron chi connectivity index (χ1n) is 8.78. The lowest BCUT2D eigenvalue weighted by molar-refractivity contribution is 0.0937. The van der Waals surface area contributed by atoms with Gasteiger partial charge in [-0.2, -0.15) is 5.10 Å². The Labute approximate surface area is 148 Å². The number of aryl methyl sites for hydroxylation is 1. The van der Waals surface area contributed by atoms with Gasteiger partial charge in [0.1, 0.15) is 0 Å². The fourth-order valence-electron chi connectivity index (χ4n) is 3.89. The molecule has 0 unspecified atom stereocenters. The molecule has 0 N–H and O–H groups in total. The zero-order valence-electron chi connectivity index (χ0n) is 14.5. The minimum atomic E-state index is -0.0652. The van der Waals surface area contributed by atoms with Crippen LogP contribution < -0.4 is 0 Å². The van der Waals surface area contributed by atoms with E-state index in [1.165, 1.54) is 5.56 Å². The molecule has 2 aromatic rings. The van der Waals surface area contributed by atoms with Crippen molar-refractivity contribution in [3.05, 3.63) is 51.3 Å². The standard InChI is InChI=1S/C20H23ClN2O/c1-12-14-9-10-20(2,3)11-17(14)23(22-12)19(24)18-15(13-7-8-13)5-4-6-16(18)21/h4-6,13H,7-11H2,1-3H3. The highest BCUT2D eigenvalue weighted by molar-refractivity contribution is 6.34. The second-order valence-corrected chi connectivity index (χ2v) is 8.45. The summed E-state index contributed by atoms with van der Waals surface area (Å²) in [6.07, 6.45) is 5.31. The molecule has 0 aliphatic heterocycles. The first kappa shape index (κ1) is 15.9. The van der Waals surface area contributed by atoms with Gasteiger partial charge in [0.2, 0.25) is 0 Å². The number of halogens is 1. The third-order valence-electron chi connectivity index (χ3n) is 5.46. The van der Waals surface area contributed by atoms with E-state index in [2.05, 4.69) is 18.9 Å². The number of benzene rings is 1. The number of aromatic nitrogens is 2. The SMILES string of the molecule is Cc1nn(C(=O)c2c(Cl)cccc2C2CC2)c2c1CCC(C)(C)C2. The molecular weight excluding hydrogens is 320 g/mol. The van der Waals surface area contributed by atoms with Gasteiger partial charge >= 0.3 is 0 Å². The van der Waals surface area contributed by atoms with E-state index in [1.807, 2.05) is 25.1 Å². The average Bonchev–Trinajstić information content (AvgIpc) is 3.31. The molecule has 2 aliphatic carbocycles. The number of hydrogen-bond donors (Lipinski definition) is 0. The second-order valence-electron chi connectivity index (χ2n) is 8.05. The van der Waals surface area contributed by atoms with Gasteiger partial charge < -0.3 is 0 Å². The molecule has 2 aliphatic rings. The van der Waals surface area contributed by atoms with Crippen LogP contribution in [0.15, 0.2) is 18.2 Å². The summed E-state index contributed by atoms with van der Waals surface area (Å²) in [7, 11) is 0. The van der Waals surface area contributed by atoms with Gasteiger partial charge in [0.05, 0.1) is 22.0 Å². The van der Waals surface area contributed by atoms with Crippen LogP contribution in [0.5, 0.6) is 0 Å². The Morgan fingerprint density at radius 1 is 1.33 bits per heavy atom. The van der Waals surface area contributed by atoms with E-state index in [9.17, 15) is 4.79 Å². The van der Waals surface area contributed by atoms with E-state index in [0.29, 0.717) is 16.5 Å². The van der Waals surface area contributed by atoms with Gasteiger partial charge in [-0.05, 0) is 67.6 Å². The molecule has 0 amide bonds. The van der Waals surface area contributed by atoms with Crippen molar-refractivity contribution < 1.29 is 4.79 Å². The summed E-state index contributed by atoms with van der Waals surface area (Å²) in [5.41, 5.74) is 5.25. The van der Waals surface area contributed by atoms with E-state index >= 15 is 0 Å². The lowest BCUT2D eigenvalue weighted by Crippen LogP contribution is -2.27. The summed E-state index contributed by atoms with van der Waals surface area (Å²) < 4.78 is 1.64. The Hall–Kier alpha value is -1.61. The van der Waals surface area contributed by atoms with Gasteiger partial charge in [-0.3, -0.25) is 4.79 Å². The molecule has 0 bridgehead atoms. The molecule has 1 saturated carbocycles. The Bertz CT molecular complexity index is 830. The van der Waals surface area contributed by atoms with E-state index in [4.69, 9.17) is 11.6 Å². The minimum absolute atomic E-state index is 0.0652. The highest BCUT2D eigenvalue weighted by Crippen LogP contribution is 2.43. The second kappa shape index (κ2) is 5.45. The zero-order chi connectivity index (χ0) is 17.1. The predicted octanol–water partition coefficient (Wildman–Crippen LogP) is 4.93. The number of rotatable bonds is 2. The van der Waals surface area contributed by atoms with Crippen LogP contribution >= 0.6 is 11.6 Å². The smallest absolute Gasteiger partial charge is 0.267 e. The molecular formula is C20H23ClN2O. The molecule has 0 spiro atoms. The van der Waals surface area contributed by atoms with Crippen LogP contribution in [0.25, 0.3) is 0 Å². The summed E-state index contributed by atoms with van der Waals surface area (Å²) >= 11 is 6.43. The maximum Gasteiger partial charge on any atom is 0.280 e. The van der Waals surface area contributed by atoms with Crippen LogP contribution in [0.4, 0.5) is 0 Å². The molecule has 3 nitrogen and oxygen atoms in total. The zero-order valence-corrected chi connectivity index (χ0v) is 15.3. The Balaban J connectivity index is 1.83. The number of nitrogens with zero attached hydrogens (tertiary/aromatic N) is 2. The first-order chi connectivity index (χ1) is 11.4. The van der Waals surface area contributed by atoms with Gasteiger partial charge in [0.25, 0.3) is 5.91 Å². The number of hydrogen-bond acceptors (Lipinski definition) is 2. The summed E-state index contributed by atoms with van der Waals surface area (Å²) in [6.45, 7) is 6.53. The lowest BCUT2D eigenvalue weighted by Gasteiger charge is -2.30. The molecule has 1 aromatic heterocycles. The molecule has 0 saturated heterocycles. The van der Waals surface area contributed by atoms with E-state index in [0.717, 1.165) is 49.1 Å². The average molecular weight is 343 g/mol. The lowest BCUT2D eigenvalue weighted by atomic mass is 9.76. The van der Waals surface area contributed by atoms with E-state index < -0.39 is 0 Å². The van der Waals surface area contributed by atoms with Crippen molar-refractivity contribution in [1.29, 1.82) is 0 Å². The van der Waals surface area contributed by atoms with E-state index in [1.54, 1.807) is 4.68 Å². The van der Waals surface area contributed by atoms with Crippen molar-refractivity contribution in [3.63, 3.8) is 0 Å². The molecule has 126 valence electrons. The minimum Gasteiger partial charge on any atom is -0.267 e. The van der Waals surface area contributed by atoms with Crippen molar-refractivity contribution in [3.8, 4) is 0 Å². The summed E-state index contributed by atoms with van der Waals surface area (Å²) in [5, 5.41) is 5.15. The van der Waals surface area contributed by atoms with Crippen LogP contribution in [0.2, 0.25) is 5.02 Å². The monoisotopic (exact) mass is 342 g/mol. The van der Waals surface area contributed by atoms with Crippen LogP contribution in [0.3, 0.4) is 0 Å². The van der Waals surface area contributed by atoms with Crippen LogP contribution in [-0.4, -0.2) is 15.7 Å². The quantitative estimate of drug-likeness (QED) is 0.775. The van der Waals surface area contributed by atoms with Gasteiger partial charge in [-0.15, -0.1) is 0 Å². The van der Waals surface area contributed by atoms with Crippen molar-refractivity contribution in [2.45, 2.75) is 58.8 Å². The molecule has 4 rings (SSSR count). The number of carbonyl (C=O) groups excluding carboxylic acids is 1. The van der Waals surface area contributed by atoms with Crippen molar-refractivity contribution in [1.82, 2.24) is 9.78 Å². The molecule has 0 atom stereocenters. The van der Waals surface area contributed by atoms with Crippen LogP contribution in [0.1, 0.15) is 71.9 Å². The molecule has 24 heavy (non-hydrogen) atoms. The first-order valence-corrected chi connectivity index (χ1v) is 9.16. The Kier molecular flexibility index (Phi) is 3.61. The fourth-order valence-corrected chi connectivity index (χ4v) is 4.16. The van der Waals surface area contributed by atoms with Crippen molar-refractivity contribution in [2.24, 2.45) is 5.41 Å². The highest BCUT2D eigenvalue weighted by Gasteiger charge is 2.34. The maximum absolute atomic E-state index is 13.3. The maximum atomic E-state index is 13.3. The largest absolute Gasteiger partial charge is 0.280 e. The van der Waals surface area contributed by atoms with Crippen LogP contribution in [0, 0.1) is 12.3 Å². The van der Waals surface area contributed by atoms with Gasteiger partial charge in [0.15, 0.2) is 0 Å². The van der Waals surface area contributed by atoms with E-state index in [-0.39, 0.29) is 11.3 Å². The van der Waals surface area contributed by atoms with Crippen molar-refractivity contribution in [2.75, 3.05) is 0 Å². The molecule has 0 radical (unpaired) electrons. The summed E-state index contributed by atoms with van der Waals surface area (Å²) in [5.74, 6) is 0.413.